The van der Waals surface area contributed by atoms with E-state index in [0.717, 1.165) is 11.3 Å². The zero-order chi connectivity index (χ0) is 13.4. The van der Waals surface area contributed by atoms with Gasteiger partial charge in [0.15, 0.2) is 5.60 Å². The molecular formula is C10H14N2O4S2. The number of carbonyl (C=O) groups is 1. The first-order chi connectivity index (χ1) is 8.36. The average molecular weight is 290 g/mol. The van der Waals surface area contributed by atoms with Crippen molar-refractivity contribution in [1.29, 1.82) is 0 Å². The molecule has 2 heterocycles. The van der Waals surface area contributed by atoms with Crippen molar-refractivity contribution in [3.05, 3.63) is 17.5 Å². The predicted molar refractivity (Wildman–Crippen MR) is 66.6 cm³/mol. The van der Waals surface area contributed by atoms with E-state index in [4.69, 9.17) is 10.5 Å². The molecule has 100 valence electrons. The smallest absolute Gasteiger partial charge is 0.252 e. The number of nitrogens with zero attached hydrogens (tertiary/aromatic N) is 1. The molecule has 2 rings (SSSR count). The highest BCUT2D eigenvalue weighted by Crippen LogP contribution is 2.26. The van der Waals surface area contributed by atoms with E-state index in [1.54, 1.807) is 11.4 Å². The van der Waals surface area contributed by atoms with Gasteiger partial charge in [0, 0.05) is 6.54 Å². The van der Waals surface area contributed by atoms with Crippen molar-refractivity contribution in [3.8, 4) is 0 Å². The normalized spacial score (nSPS) is 26.1. The van der Waals surface area contributed by atoms with Crippen molar-refractivity contribution in [2.24, 2.45) is 5.73 Å². The first kappa shape index (κ1) is 13.5. The molecule has 0 bridgehead atoms. The second kappa shape index (κ2) is 4.61. The van der Waals surface area contributed by atoms with Gasteiger partial charge in [-0.15, -0.1) is 11.3 Å². The van der Waals surface area contributed by atoms with Crippen molar-refractivity contribution in [2.75, 3.05) is 19.7 Å². The fourth-order valence-electron chi connectivity index (χ4n) is 1.73. The largest absolute Gasteiger partial charge is 0.367 e. The maximum Gasteiger partial charge on any atom is 0.252 e. The molecule has 1 atom stereocenters. The van der Waals surface area contributed by atoms with E-state index < -0.39 is 21.5 Å². The quantitative estimate of drug-likeness (QED) is 0.849. The third-order valence-corrected chi connectivity index (χ3v) is 6.07. The van der Waals surface area contributed by atoms with Crippen LogP contribution in [0.15, 0.2) is 21.7 Å². The van der Waals surface area contributed by atoms with Crippen LogP contribution in [0.5, 0.6) is 0 Å². The average Bonchev–Trinajstić information content (AvgIpc) is 2.83. The van der Waals surface area contributed by atoms with Crippen LogP contribution in [0.4, 0.5) is 0 Å². The summed E-state index contributed by atoms with van der Waals surface area (Å²) in [6.07, 6.45) is 0. The number of ether oxygens (including phenoxy) is 1. The lowest BCUT2D eigenvalue weighted by Crippen LogP contribution is -2.58. The molecule has 1 aliphatic heterocycles. The lowest BCUT2D eigenvalue weighted by Gasteiger charge is -2.37. The number of rotatable bonds is 3. The first-order valence-electron chi connectivity index (χ1n) is 5.34. The van der Waals surface area contributed by atoms with Crippen LogP contribution in [-0.2, 0) is 19.6 Å². The number of primary amides is 1. The van der Waals surface area contributed by atoms with Crippen molar-refractivity contribution in [3.63, 3.8) is 0 Å². The van der Waals surface area contributed by atoms with Gasteiger partial charge in [-0.25, -0.2) is 8.42 Å². The first-order valence-corrected chi connectivity index (χ1v) is 7.66. The number of thiophene rings is 1. The van der Waals surface area contributed by atoms with Crippen LogP contribution < -0.4 is 5.73 Å². The van der Waals surface area contributed by atoms with Crippen LogP contribution in [-0.4, -0.2) is 43.9 Å². The van der Waals surface area contributed by atoms with Gasteiger partial charge in [0.1, 0.15) is 4.21 Å². The summed E-state index contributed by atoms with van der Waals surface area (Å²) in [5, 5.41) is 1.70. The number of carbonyl (C=O) groups excluding carboxylic acids is 1. The highest BCUT2D eigenvalue weighted by Gasteiger charge is 2.42. The van der Waals surface area contributed by atoms with Crippen LogP contribution in [0.3, 0.4) is 0 Å². The number of sulfonamides is 1. The van der Waals surface area contributed by atoms with E-state index in [0.29, 0.717) is 0 Å². The Bertz CT molecular complexity index is 540. The van der Waals surface area contributed by atoms with Crippen LogP contribution in [0.25, 0.3) is 0 Å². The van der Waals surface area contributed by atoms with Crippen LogP contribution in [0.2, 0.25) is 0 Å². The second-order valence-corrected chi connectivity index (χ2v) is 7.33. The Hall–Kier alpha value is -0.960. The zero-order valence-corrected chi connectivity index (χ0v) is 11.5. The van der Waals surface area contributed by atoms with Gasteiger partial charge >= 0.3 is 0 Å². The highest BCUT2D eigenvalue weighted by atomic mass is 32.2. The van der Waals surface area contributed by atoms with E-state index in [9.17, 15) is 13.2 Å². The van der Waals surface area contributed by atoms with E-state index in [2.05, 4.69) is 0 Å². The summed E-state index contributed by atoms with van der Waals surface area (Å²) >= 11 is 1.15. The minimum atomic E-state index is -3.56. The van der Waals surface area contributed by atoms with E-state index in [1.807, 2.05) is 0 Å². The molecule has 0 spiro atoms. The molecule has 1 aliphatic rings. The molecule has 2 N–H and O–H groups in total. The third kappa shape index (κ3) is 2.28. The number of hydrogen-bond donors (Lipinski definition) is 1. The Labute approximate surface area is 109 Å². The van der Waals surface area contributed by atoms with Gasteiger partial charge in [0.05, 0.1) is 13.2 Å². The summed E-state index contributed by atoms with van der Waals surface area (Å²) in [6.45, 7) is 1.83. The minimum absolute atomic E-state index is 0.0530. The number of amides is 1. The van der Waals surface area contributed by atoms with Crippen molar-refractivity contribution in [1.82, 2.24) is 4.31 Å². The maximum atomic E-state index is 12.3. The van der Waals surface area contributed by atoms with Crippen LogP contribution in [0.1, 0.15) is 6.92 Å². The van der Waals surface area contributed by atoms with Crippen molar-refractivity contribution >= 4 is 27.3 Å². The number of nitrogens with two attached hydrogens (primary N) is 1. The summed E-state index contributed by atoms with van der Waals surface area (Å²) < 4.78 is 31.4. The summed E-state index contributed by atoms with van der Waals surface area (Å²) in [5.74, 6) is -0.659. The van der Waals surface area contributed by atoms with E-state index >= 15 is 0 Å². The van der Waals surface area contributed by atoms with Gasteiger partial charge in [0.25, 0.3) is 15.9 Å². The molecule has 6 nitrogen and oxygen atoms in total. The van der Waals surface area contributed by atoms with Gasteiger partial charge in [-0.05, 0) is 18.4 Å². The van der Waals surface area contributed by atoms with Crippen molar-refractivity contribution < 1.29 is 17.9 Å². The van der Waals surface area contributed by atoms with Gasteiger partial charge < -0.3 is 10.5 Å². The van der Waals surface area contributed by atoms with E-state index in [1.165, 1.54) is 17.3 Å². The molecule has 8 heteroatoms. The molecule has 18 heavy (non-hydrogen) atoms. The van der Waals surface area contributed by atoms with Crippen molar-refractivity contribution in [2.45, 2.75) is 16.7 Å². The standard InChI is InChI=1S/C10H14N2O4S2/c1-10(9(11)13)7-12(4-5-16-10)18(14,15)8-3-2-6-17-8/h2-3,6H,4-5,7H2,1H3,(H2,11,13)/t10-/m1/s1. The molecule has 1 fully saturated rings. The second-order valence-electron chi connectivity index (χ2n) is 4.21. The Balaban J connectivity index is 2.27. The fourth-order valence-corrected chi connectivity index (χ4v) is 4.38. The molecule has 0 unspecified atom stereocenters. The molecule has 0 saturated carbocycles. The Kier molecular flexibility index (Phi) is 3.45. The maximum absolute atomic E-state index is 12.3. The molecule has 0 radical (unpaired) electrons. The summed E-state index contributed by atoms with van der Waals surface area (Å²) in [5.41, 5.74) is 3.98. The highest BCUT2D eigenvalue weighted by molar-refractivity contribution is 7.91. The molecule has 0 aliphatic carbocycles. The molecule has 1 aromatic heterocycles. The summed E-state index contributed by atoms with van der Waals surface area (Å²) in [6, 6.07) is 3.21. The fraction of sp³-hybridized carbons (Fsp3) is 0.500. The predicted octanol–water partition coefficient (Wildman–Crippen LogP) is 0.0130. The summed E-state index contributed by atoms with van der Waals surface area (Å²) in [7, 11) is -3.56. The Morgan fingerprint density at radius 1 is 1.61 bits per heavy atom. The van der Waals surface area contributed by atoms with Crippen LogP contribution >= 0.6 is 11.3 Å². The Morgan fingerprint density at radius 3 is 2.89 bits per heavy atom. The lowest BCUT2D eigenvalue weighted by atomic mass is 10.1. The van der Waals surface area contributed by atoms with Gasteiger partial charge in [-0.2, -0.15) is 4.31 Å². The topological polar surface area (TPSA) is 89.7 Å². The molecular weight excluding hydrogens is 276 g/mol. The molecule has 1 amide bonds. The minimum Gasteiger partial charge on any atom is -0.367 e. The number of morpholine rings is 1. The van der Waals surface area contributed by atoms with E-state index in [-0.39, 0.29) is 23.9 Å². The molecule has 1 saturated heterocycles. The zero-order valence-electron chi connectivity index (χ0n) is 9.83. The monoisotopic (exact) mass is 290 g/mol. The SMILES string of the molecule is C[C@]1(C(N)=O)CN(S(=O)(=O)c2cccs2)CCO1. The van der Waals surface area contributed by atoms with Crippen LogP contribution in [0, 0.1) is 0 Å². The third-order valence-electron chi connectivity index (χ3n) is 2.85. The molecule has 0 aromatic carbocycles. The lowest BCUT2D eigenvalue weighted by molar-refractivity contribution is -0.148. The Morgan fingerprint density at radius 2 is 2.33 bits per heavy atom. The molecule has 1 aromatic rings. The summed E-state index contributed by atoms with van der Waals surface area (Å²) in [4.78, 5) is 11.3. The van der Waals surface area contributed by atoms with Gasteiger partial charge in [-0.1, -0.05) is 6.07 Å². The van der Waals surface area contributed by atoms with Gasteiger partial charge in [0.2, 0.25) is 0 Å². The number of hydrogen-bond acceptors (Lipinski definition) is 5. The van der Waals surface area contributed by atoms with Gasteiger partial charge in [-0.3, -0.25) is 4.79 Å².